The zero-order chi connectivity index (χ0) is 17.8. The molecule has 0 saturated heterocycles. The molecule has 1 amide bonds. The number of carbonyl (C=O) groups excluding carboxylic acids is 1. The van der Waals surface area contributed by atoms with Crippen LogP contribution in [0.2, 0.25) is 0 Å². The van der Waals surface area contributed by atoms with Gasteiger partial charge in [0.2, 0.25) is 5.91 Å². The highest BCUT2D eigenvalue weighted by Gasteiger charge is 2.14. The number of para-hydroxylation sites is 2. The Morgan fingerprint density at radius 1 is 1.00 bits per heavy atom. The number of amides is 1. The Kier molecular flexibility index (Phi) is 5.03. The first-order chi connectivity index (χ1) is 12.1. The highest BCUT2D eigenvalue weighted by molar-refractivity contribution is 5.80. The zero-order valence-electron chi connectivity index (χ0n) is 14.7. The van der Waals surface area contributed by atoms with Crippen LogP contribution in [-0.4, -0.2) is 15.0 Å². The van der Waals surface area contributed by atoms with E-state index in [4.69, 9.17) is 0 Å². The van der Waals surface area contributed by atoms with E-state index in [0.29, 0.717) is 13.1 Å². The molecule has 5 heteroatoms. The van der Waals surface area contributed by atoms with Crippen molar-refractivity contribution in [2.75, 3.05) is 0 Å². The second-order valence-corrected chi connectivity index (χ2v) is 6.27. The molecule has 0 saturated carbocycles. The predicted molar refractivity (Wildman–Crippen MR) is 99.5 cm³/mol. The number of nitrogens with zero attached hydrogens (tertiary/aromatic N) is 2. The Labute approximate surface area is 146 Å². The lowest BCUT2D eigenvalue weighted by molar-refractivity contribution is -0.121. The monoisotopic (exact) mass is 337 g/mol. The first-order valence-electron chi connectivity index (χ1n) is 8.60. The van der Waals surface area contributed by atoms with E-state index in [9.17, 15) is 9.59 Å². The molecule has 130 valence electrons. The summed E-state index contributed by atoms with van der Waals surface area (Å²) >= 11 is 0. The average Bonchev–Trinajstić information content (AvgIpc) is 2.88. The molecule has 0 spiro atoms. The number of hydrogen-bond acceptors (Lipinski definition) is 2. The molecule has 1 N–H and O–H groups in total. The molecule has 0 radical (unpaired) electrons. The van der Waals surface area contributed by atoms with E-state index >= 15 is 0 Å². The second-order valence-electron chi connectivity index (χ2n) is 6.27. The number of rotatable bonds is 6. The fourth-order valence-corrected chi connectivity index (χ4v) is 2.97. The Balaban J connectivity index is 1.78. The van der Waals surface area contributed by atoms with Crippen LogP contribution < -0.4 is 11.0 Å². The van der Waals surface area contributed by atoms with Crippen molar-refractivity contribution in [3.63, 3.8) is 0 Å². The fraction of sp³-hybridized carbons (Fsp3) is 0.300. The molecule has 5 nitrogen and oxygen atoms in total. The summed E-state index contributed by atoms with van der Waals surface area (Å²) in [6.45, 7) is 5.20. The van der Waals surface area contributed by atoms with Gasteiger partial charge in [0.05, 0.1) is 11.0 Å². The summed E-state index contributed by atoms with van der Waals surface area (Å²) < 4.78 is 3.29. The minimum Gasteiger partial charge on any atom is -0.350 e. The number of fused-ring (bicyclic) bond motifs is 1. The van der Waals surface area contributed by atoms with E-state index in [0.717, 1.165) is 23.0 Å². The van der Waals surface area contributed by atoms with Crippen molar-refractivity contribution in [1.29, 1.82) is 0 Å². The highest BCUT2D eigenvalue weighted by atomic mass is 16.2. The third kappa shape index (κ3) is 3.65. The van der Waals surface area contributed by atoms with Gasteiger partial charge in [-0.3, -0.25) is 13.9 Å². The van der Waals surface area contributed by atoms with E-state index in [1.165, 1.54) is 5.56 Å². The number of imidazole rings is 1. The molecule has 2 aromatic carbocycles. The summed E-state index contributed by atoms with van der Waals surface area (Å²) in [4.78, 5) is 25.0. The molecule has 3 rings (SSSR count). The molecule has 1 aromatic heterocycles. The van der Waals surface area contributed by atoms with Crippen LogP contribution in [0.15, 0.2) is 53.3 Å². The van der Waals surface area contributed by atoms with Crippen molar-refractivity contribution >= 4 is 16.9 Å². The van der Waals surface area contributed by atoms with Gasteiger partial charge in [0.15, 0.2) is 0 Å². The minimum atomic E-state index is -0.165. The Morgan fingerprint density at radius 3 is 2.28 bits per heavy atom. The number of benzene rings is 2. The van der Waals surface area contributed by atoms with E-state index in [1.54, 1.807) is 9.13 Å². The molecule has 1 heterocycles. The molecule has 0 aliphatic heterocycles. The van der Waals surface area contributed by atoms with Gasteiger partial charge >= 0.3 is 5.69 Å². The number of hydrogen-bond donors (Lipinski definition) is 1. The molecule has 0 aliphatic rings. The maximum Gasteiger partial charge on any atom is 0.329 e. The van der Waals surface area contributed by atoms with Crippen LogP contribution in [-0.2, 0) is 24.4 Å². The maximum absolute atomic E-state index is 12.7. The lowest BCUT2D eigenvalue weighted by Crippen LogP contribution is -2.32. The maximum atomic E-state index is 12.7. The van der Waals surface area contributed by atoms with Gasteiger partial charge in [0.1, 0.15) is 6.54 Å². The van der Waals surface area contributed by atoms with Crippen molar-refractivity contribution in [3.05, 3.63) is 70.1 Å². The summed E-state index contributed by atoms with van der Waals surface area (Å²) in [5.41, 5.74) is 3.77. The molecule has 25 heavy (non-hydrogen) atoms. The lowest BCUT2D eigenvalue weighted by atomic mass is 10.1. The number of aromatic nitrogens is 2. The van der Waals surface area contributed by atoms with Crippen molar-refractivity contribution in [2.24, 2.45) is 0 Å². The number of carbonyl (C=O) groups is 1. The van der Waals surface area contributed by atoms with Crippen molar-refractivity contribution in [1.82, 2.24) is 14.5 Å². The van der Waals surface area contributed by atoms with Crippen LogP contribution in [0, 0.1) is 6.92 Å². The van der Waals surface area contributed by atoms with Crippen LogP contribution in [0.25, 0.3) is 11.0 Å². The summed E-state index contributed by atoms with van der Waals surface area (Å²) in [6, 6.07) is 15.6. The van der Waals surface area contributed by atoms with E-state index in [-0.39, 0.29) is 18.1 Å². The van der Waals surface area contributed by atoms with Gasteiger partial charge in [-0.15, -0.1) is 0 Å². The van der Waals surface area contributed by atoms with Crippen molar-refractivity contribution in [3.8, 4) is 0 Å². The van der Waals surface area contributed by atoms with Crippen LogP contribution >= 0.6 is 0 Å². The third-order valence-corrected chi connectivity index (χ3v) is 4.28. The quantitative estimate of drug-likeness (QED) is 0.752. The molecular formula is C20H23N3O2. The number of aryl methyl sites for hydroxylation is 2. The SMILES string of the molecule is CCCn1c(=O)n(CC(=O)NCc2ccc(C)cc2)c2ccccc21. The van der Waals surface area contributed by atoms with Gasteiger partial charge in [0, 0.05) is 13.1 Å². The van der Waals surface area contributed by atoms with E-state index in [1.807, 2.05) is 62.4 Å². The predicted octanol–water partition coefficient (Wildman–Crippen LogP) is 2.84. The average molecular weight is 337 g/mol. The normalized spacial score (nSPS) is 11.0. The standard InChI is InChI=1S/C20H23N3O2/c1-3-12-22-17-6-4-5-7-18(17)23(20(22)25)14-19(24)21-13-16-10-8-15(2)9-11-16/h4-11H,3,12-14H2,1-2H3,(H,21,24). The number of nitrogens with one attached hydrogen (secondary N) is 1. The zero-order valence-corrected chi connectivity index (χ0v) is 14.7. The van der Waals surface area contributed by atoms with Crippen LogP contribution in [0.4, 0.5) is 0 Å². The fourth-order valence-electron chi connectivity index (χ4n) is 2.97. The van der Waals surface area contributed by atoms with Gasteiger partial charge < -0.3 is 5.32 Å². The Morgan fingerprint density at radius 2 is 1.64 bits per heavy atom. The molecule has 0 fully saturated rings. The molecule has 0 bridgehead atoms. The summed E-state index contributed by atoms with van der Waals surface area (Å²) in [7, 11) is 0. The summed E-state index contributed by atoms with van der Waals surface area (Å²) in [5.74, 6) is -0.165. The van der Waals surface area contributed by atoms with Crippen molar-refractivity contribution < 1.29 is 4.79 Å². The molecule has 3 aromatic rings. The first kappa shape index (κ1) is 17.0. The summed E-state index contributed by atoms with van der Waals surface area (Å²) in [6.07, 6.45) is 0.869. The van der Waals surface area contributed by atoms with E-state index in [2.05, 4.69) is 5.32 Å². The van der Waals surface area contributed by atoms with E-state index < -0.39 is 0 Å². The van der Waals surface area contributed by atoms with Gasteiger partial charge in [0.25, 0.3) is 0 Å². The highest BCUT2D eigenvalue weighted by Crippen LogP contribution is 2.13. The largest absolute Gasteiger partial charge is 0.350 e. The Hall–Kier alpha value is -2.82. The van der Waals surface area contributed by atoms with Crippen LogP contribution in [0.1, 0.15) is 24.5 Å². The van der Waals surface area contributed by atoms with Gasteiger partial charge in [-0.1, -0.05) is 48.9 Å². The van der Waals surface area contributed by atoms with Gasteiger partial charge in [-0.25, -0.2) is 4.79 Å². The lowest BCUT2D eigenvalue weighted by Gasteiger charge is -2.07. The smallest absolute Gasteiger partial charge is 0.329 e. The second kappa shape index (κ2) is 7.38. The van der Waals surface area contributed by atoms with Crippen LogP contribution in [0.3, 0.4) is 0 Å². The summed E-state index contributed by atoms with van der Waals surface area (Å²) in [5, 5.41) is 2.89. The molecular weight excluding hydrogens is 314 g/mol. The van der Waals surface area contributed by atoms with Gasteiger partial charge in [-0.2, -0.15) is 0 Å². The minimum absolute atomic E-state index is 0.0297. The van der Waals surface area contributed by atoms with Crippen LogP contribution in [0.5, 0.6) is 0 Å². The molecule has 0 unspecified atom stereocenters. The first-order valence-corrected chi connectivity index (χ1v) is 8.60. The van der Waals surface area contributed by atoms with Crippen molar-refractivity contribution in [2.45, 2.75) is 39.9 Å². The molecule has 0 atom stereocenters. The topological polar surface area (TPSA) is 56.0 Å². The molecule has 0 aliphatic carbocycles. The van der Waals surface area contributed by atoms with Gasteiger partial charge in [-0.05, 0) is 31.0 Å². The Bertz CT molecular complexity index is 936. The third-order valence-electron chi connectivity index (χ3n) is 4.28.